The summed E-state index contributed by atoms with van der Waals surface area (Å²) in [6.07, 6.45) is -1.45. The lowest BCUT2D eigenvalue weighted by Gasteiger charge is -1.57. The molecule has 0 aromatic heterocycles. The van der Waals surface area contributed by atoms with Crippen LogP contribution in [0.3, 0.4) is 0 Å². The van der Waals surface area contributed by atoms with Gasteiger partial charge in [0.2, 0.25) is 0 Å². The van der Waals surface area contributed by atoms with E-state index >= 15 is 0 Å². The lowest BCUT2D eigenvalue weighted by Crippen LogP contribution is -1.74. The highest BCUT2D eigenvalue weighted by atomic mass is 16.4. The number of hydrogen-bond acceptors (Lipinski definition) is 1. The van der Waals surface area contributed by atoms with Gasteiger partial charge in [0.15, 0.2) is 0 Å². The normalized spacial score (nSPS) is 5.40. The van der Waals surface area contributed by atoms with Crippen LogP contribution < -0.4 is 0 Å². The highest BCUT2D eigenvalue weighted by Crippen LogP contribution is 1.61. The maximum atomic E-state index is 9.01. The predicted octanol–water partition coefficient (Wildman–Crippen LogP) is 0.584. The van der Waals surface area contributed by atoms with Crippen LogP contribution in [0.4, 0.5) is 4.79 Å². The van der Waals surface area contributed by atoms with E-state index in [1.807, 2.05) is 0 Å². The molecule has 0 aromatic carbocycles. The van der Waals surface area contributed by atoms with Crippen LogP contribution in [-0.4, -0.2) is 11.2 Å². The van der Waals surface area contributed by atoms with Crippen molar-refractivity contribution in [3.05, 3.63) is 11.4 Å². The van der Waals surface area contributed by atoms with E-state index in [4.69, 9.17) is 16.5 Å². The van der Waals surface area contributed by atoms with Crippen LogP contribution in [-0.2, 0) is 0 Å². The zero-order chi connectivity index (χ0) is 4.28. The minimum Gasteiger partial charge on any atom is -0.500 e. The molecule has 5 heavy (non-hydrogen) atoms. The molecule has 0 radical (unpaired) electrons. The van der Waals surface area contributed by atoms with Gasteiger partial charge in [0.1, 0.15) is 6.57 Å². The van der Waals surface area contributed by atoms with Crippen molar-refractivity contribution in [3.63, 3.8) is 0 Å². The molecule has 0 atom stereocenters. The molecular formula is C2HNO2. The summed E-state index contributed by atoms with van der Waals surface area (Å²) in [5.74, 6) is 0. The molecule has 3 nitrogen and oxygen atoms in total. The van der Waals surface area contributed by atoms with E-state index in [9.17, 15) is 0 Å². The third kappa shape index (κ3) is 2.96. The third-order valence-electron chi connectivity index (χ3n) is 0.0956. The molecule has 0 aromatic rings. The van der Waals surface area contributed by atoms with Crippen molar-refractivity contribution in [2.75, 3.05) is 0 Å². The first-order chi connectivity index (χ1) is 2.27. The summed E-state index contributed by atoms with van der Waals surface area (Å²) in [5, 5.41) is 7.37. The van der Waals surface area contributed by atoms with Crippen molar-refractivity contribution < 1.29 is 9.90 Å². The van der Waals surface area contributed by atoms with E-state index < -0.39 is 6.09 Å². The number of amides is 1. The fourth-order valence-electron chi connectivity index (χ4n) is 0. The zero-order valence-electron chi connectivity index (χ0n) is 2.30. The molecule has 0 fully saturated rings. The molecule has 0 aliphatic heterocycles. The molecule has 0 aliphatic carbocycles. The largest absolute Gasteiger partial charge is 0.559 e. The molecule has 0 saturated heterocycles. The molecule has 1 amide bonds. The van der Waals surface area contributed by atoms with Gasteiger partial charge in [-0.05, 0) is 0 Å². The zero-order valence-corrected chi connectivity index (χ0v) is 2.30. The Morgan fingerprint density at radius 3 is 2.20 bits per heavy atom. The maximum Gasteiger partial charge on any atom is 0.559 e. The minimum atomic E-state index is -1.45. The molecule has 0 aliphatic rings. The van der Waals surface area contributed by atoms with Crippen LogP contribution >= 0.6 is 0 Å². The topological polar surface area (TPSA) is 41.7 Å². The van der Waals surface area contributed by atoms with Gasteiger partial charge in [-0.25, -0.2) is 0 Å². The van der Waals surface area contributed by atoms with E-state index in [0.717, 1.165) is 0 Å². The van der Waals surface area contributed by atoms with E-state index in [1.54, 1.807) is 0 Å². The van der Waals surface area contributed by atoms with E-state index in [1.165, 1.54) is 0 Å². The second kappa shape index (κ2) is 1.30. The predicted molar refractivity (Wildman–Crippen MR) is 14.6 cm³/mol. The first kappa shape index (κ1) is 3.96. The average molecular weight is 71.0 g/mol. The van der Waals surface area contributed by atoms with Crippen LogP contribution in [0.15, 0.2) is 0 Å². The van der Waals surface area contributed by atoms with Crippen LogP contribution in [0.5, 0.6) is 0 Å². The minimum absolute atomic E-state index is 1.45. The fraction of sp³-hybridized carbons (Fsp3) is 0. The average Bonchev–Trinajstić information content (AvgIpc) is 1.38. The van der Waals surface area contributed by atoms with Crippen LogP contribution in [0.1, 0.15) is 0 Å². The van der Waals surface area contributed by atoms with E-state index in [-0.39, 0.29) is 0 Å². The highest BCUT2D eigenvalue weighted by Gasteiger charge is 1.80. The van der Waals surface area contributed by atoms with Gasteiger partial charge in [0, 0.05) is 0 Å². The number of carboxylic acid groups (broad SMARTS) is 1. The third-order valence-corrected chi connectivity index (χ3v) is 0.0956. The Hall–Kier alpha value is -1.04. The molecule has 0 heterocycles. The number of hydrogen-bond donors (Lipinski definition) is 1. The van der Waals surface area contributed by atoms with Crippen molar-refractivity contribution in [3.8, 4) is 0 Å². The number of rotatable bonds is 0. The van der Waals surface area contributed by atoms with Gasteiger partial charge in [-0.15, -0.1) is 0 Å². The summed E-state index contributed by atoms with van der Waals surface area (Å²) in [4.78, 5) is 11.1. The Labute approximate surface area is 28.7 Å². The van der Waals surface area contributed by atoms with Gasteiger partial charge in [-0.3, -0.25) is 4.79 Å². The Bertz CT molecular complexity index is 80.1. The van der Waals surface area contributed by atoms with Gasteiger partial charge >= 0.3 is 6.09 Å². The quantitative estimate of drug-likeness (QED) is 0.424. The number of nitrogens with zero attached hydrogens (tertiary/aromatic N) is 1. The fourth-order valence-corrected chi connectivity index (χ4v) is 0. The molecule has 26 valence electrons. The summed E-state index contributed by atoms with van der Waals surface area (Å²) in [7, 11) is 0. The number of carbonyl (C=O) groups is 1. The second-order valence-electron chi connectivity index (χ2n) is 0.394. The molecule has 1 N–H and O–H groups in total. The summed E-state index contributed by atoms with van der Waals surface area (Å²) >= 11 is 0. The van der Waals surface area contributed by atoms with Crippen LogP contribution in [0, 0.1) is 6.57 Å². The van der Waals surface area contributed by atoms with E-state index in [2.05, 4.69) is 4.85 Å². The smallest absolute Gasteiger partial charge is 0.500 e. The summed E-state index contributed by atoms with van der Waals surface area (Å²) in [6.45, 7) is 5.68. The molecule has 0 bridgehead atoms. The molecule has 3 heteroatoms. The second-order valence-corrected chi connectivity index (χ2v) is 0.394. The van der Waals surface area contributed by atoms with Crippen molar-refractivity contribution in [1.82, 2.24) is 0 Å². The Kier molecular flexibility index (Phi) is 1.03. The Balaban J connectivity index is 3.35. The van der Waals surface area contributed by atoms with Crippen molar-refractivity contribution >= 4 is 6.09 Å². The standard InChI is InChI=1S/C2HNO2/c1-3-2(4)5/h(H,4,5). The first-order valence-electron chi connectivity index (χ1n) is 0.875. The van der Waals surface area contributed by atoms with Crippen LogP contribution in [0.25, 0.3) is 4.85 Å². The summed E-state index contributed by atoms with van der Waals surface area (Å²) < 4.78 is 0. The van der Waals surface area contributed by atoms with Crippen molar-refractivity contribution in [2.45, 2.75) is 0 Å². The van der Waals surface area contributed by atoms with Gasteiger partial charge in [0.05, 0.1) is 0 Å². The monoisotopic (exact) mass is 71.0 g/mol. The summed E-state index contributed by atoms with van der Waals surface area (Å²) in [6, 6.07) is 0. The maximum absolute atomic E-state index is 9.01. The van der Waals surface area contributed by atoms with Crippen molar-refractivity contribution in [1.29, 1.82) is 0 Å². The van der Waals surface area contributed by atoms with Crippen LogP contribution in [0.2, 0.25) is 0 Å². The molecular weight excluding hydrogens is 70.0 g/mol. The first-order valence-corrected chi connectivity index (χ1v) is 0.875. The van der Waals surface area contributed by atoms with Gasteiger partial charge < -0.3 is 5.11 Å². The SMILES string of the molecule is [C-]#[N+]C(=O)O. The lowest BCUT2D eigenvalue weighted by atomic mass is 11.3. The highest BCUT2D eigenvalue weighted by molar-refractivity contribution is 5.75. The van der Waals surface area contributed by atoms with Gasteiger partial charge in [-0.2, -0.15) is 4.85 Å². The summed E-state index contributed by atoms with van der Waals surface area (Å²) in [5.41, 5.74) is 0. The molecule has 0 spiro atoms. The molecule has 0 rings (SSSR count). The lowest BCUT2D eigenvalue weighted by molar-refractivity contribution is 0.213. The van der Waals surface area contributed by atoms with Crippen molar-refractivity contribution in [2.24, 2.45) is 0 Å². The molecule has 0 unspecified atom stereocenters. The van der Waals surface area contributed by atoms with E-state index in [0.29, 0.717) is 0 Å². The van der Waals surface area contributed by atoms with Gasteiger partial charge in [0.25, 0.3) is 0 Å². The van der Waals surface area contributed by atoms with Gasteiger partial charge in [-0.1, -0.05) is 0 Å². The Morgan fingerprint density at radius 2 is 2.20 bits per heavy atom. The Morgan fingerprint density at radius 1 is 2.00 bits per heavy atom. The molecule has 0 saturated carbocycles.